The van der Waals surface area contributed by atoms with Crippen LogP contribution in [0.5, 0.6) is 17.2 Å². The number of benzene rings is 4. The number of para-hydroxylation sites is 1. The number of amides is 1. The predicted octanol–water partition coefficient (Wildman–Crippen LogP) is 7.72. The highest BCUT2D eigenvalue weighted by Crippen LogP contribution is 2.36. The van der Waals surface area contributed by atoms with Gasteiger partial charge in [0.05, 0.1) is 30.5 Å². The third kappa shape index (κ3) is 6.83. The topological polar surface area (TPSA) is 65.8 Å². The molecule has 0 N–H and O–H groups in total. The Balaban J connectivity index is 1.24. The molecular weight excluding hydrogens is 622 g/mol. The van der Waals surface area contributed by atoms with Crippen molar-refractivity contribution < 1.29 is 23.4 Å². The van der Waals surface area contributed by atoms with Crippen molar-refractivity contribution in [3.63, 3.8) is 0 Å². The second kappa shape index (κ2) is 14.0. The van der Waals surface area contributed by atoms with Gasteiger partial charge in [-0.1, -0.05) is 66.4 Å². The SMILES string of the molecule is COc1ccc(CCN2C(=O)/C(=C/c3cn(-c4ccccc4)nc3-c3ccc(OCc4ccccc4F)cc3)SC2=S)cc1OC. The van der Waals surface area contributed by atoms with Gasteiger partial charge in [0.1, 0.15) is 22.5 Å². The first-order valence-electron chi connectivity index (χ1n) is 14.5. The molecule has 0 bridgehead atoms. The summed E-state index contributed by atoms with van der Waals surface area (Å²) in [6.45, 7) is 0.551. The van der Waals surface area contributed by atoms with E-state index in [2.05, 4.69) is 0 Å². The van der Waals surface area contributed by atoms with Crippen LogP contribution < -0.4 is 14.2 Å². The summed E-state index contributed by atoms with van der Waals surface area (Å²) in [4.78, 5) is 15.7. The molecule has 1 aromatic heterocycles. The van der Waals surface area contributed by atoms with Gasteiger partial charge in [0.15, 0.2) is 11.5 Å². The molecule has 0 atom stereocenters. The van der Waals surface area contributed by atoms with Crippen LogP contribution in [0, 0.1) is 5.82 Å². The van der Waals surface area contributed by atoms with Crippen LogP contribution in [-0.4, -0.2) is 45.7 Å². The Hall–Kier alpha value is -4.93. The summed E-state index contributed by atoms with van der Waals surface area (Å²) in [5.74, 6) is 1.44. The molecule has 0 saturated carbocycles. The Bertz CT molecular complexity index is 1910. The Morgan fingerprint density at radius 2 is 1.65 bits per heavy atom. The van der Waals surface area contributed by atoms with E-state index in [1.165, 1.54) is 17.8 Å². The molecule has 1 amide bonds. The van der Waals surface area contributed by atoms with Crippen molar-refractivity contribution in [2.24, 2.45) is 0 Å². The number of halogens is 1. The van der Waals surface area contributed by atoms with E-state index in [-0.39, 0.29) is 18.3 Å². The molecule has 0 aliphatic carbocycles. The lowest BCUT2D eigenvalue weighted by Crippen LogP contribution is -2.30. The molecule has 4 aromatic carbocycles. The number of carbonyl (C=O) groups is 1. The fourth-order valence-corrected chi connectivity index (χ4v) is 6.33. The second-order valence-electron chi connectivity index (χ2n) is 10.4. The highest BCUT2D eigenvalue weighted by atomic mass is 32.2. The van der Waals surface area contributed by atoms with Gasteiger partial charge in [-0.25, -0.2) is 9.07 Å². The van der Waals surface area contributed by atoms with E-state index >= 15 is 0 Å². The lowest BCUT2D eigenvalue weighted by atomic mass is 10.1. The molecule has 10 heteroatoms. The van der Waals surface area contributed by atoms with E-state index < -0.39 is 0 Å². The first-order valence-corrected chi connectivity index (χ1v) is 15.7. The van der Waals surface area contributed by atoms with Crippen LogP contribution >= 0.6 is 24.0 Å². The van der Waals surface area contributed by atoms with Gasteiger partial charge in [-0.15, -0.1) is 0 Å². The number of rotatable bonds is 11. The molecule has 5 aromatic rings. The van der Waals surface area contributed by atoms with Gasteiger partial charge in [-0.2, -0.15) is 5.10 Å². The summed E-state index contributed by atoms with van der Waals surface area (Å²) in [6, 6.07) is 29.5. The zero-order valence-corrected chi connectivity index (χ0v) is 26.8. The minimum Gasteiger partial charge on any atom is -0.493 e. The summed E-state index contributed by atoms with van der Waals surface area (Å²) >= 11 is 6.91. The third-order valence-electron chi connectivity index (χ3n) is 7.48. The molecule has 0 unspecified atom stereocenters. The molecule has 2 heterocycles. The van der Waals surface area contributed by atoms with Gasteiger partial charge in [0.2, 0.25) is 0 Å². The van der Waals surface area contributed by atoms with Gasteiger partial charge < -0.3 is 14.2 Å². The average molecular weight is 652 g/mol. The van der Waals surface area contributed by atoms with Crippen LogP contribution in [0.15, 0.2) is 108 Å². The number of nitrogens with zero attached hydrogens (tertiary/aromatic N) is 3. The molecule has 7 nitrogen and oxygen atoms in total. The van der Waals surface area contributed by atoms with Crippen molar-refractivity contribution in [2.45, 2.75) is 13.0 Å². The monoisotopic (exact) mass is 651 g/mol. The van der Waals surface area contributed by atoms with Crippen LogP contribution in [-0.2, 0) is 17.8 Å². The highest BCUT2D eigenvalue weighted by molar-refractivity contribution is 8.26. The van der Waals surface area contributed by atoms with E-state index in [4.69, 9.17) is 31.5 Å². The maximum Gasteiger partial charge on any atom is 0.266 e. The van der Waals surface area contributed by atoms with Gasteiger partial charge in [0.25, 0.3) is 5.91 Å². The molecule has 46 heavy (non-hydrogen) atoms. The van der Waals surface area contributed by atoms with Crippen molar-refractivity contribution in [2.75, 3.05) is 20.8 Å². The normalized spacial score (nSPS) is 13.8. The molecule has 1 aliphatic rings. The van der Waals surface area contributed by atoms with Crippen molar-refractivity contribution >= 4 is 40.3 Å². The molecule has 1 fully saturated rings. The van der Waals surface area contributed by atoms with Crippen LogP contribution in [0.25, 0.3) is 23.0 Å². The number of carbonyl (C=O) groups excluding carboxylic acids is 1. The lowest BCUT2D eigenvalue weighted by molar-refractivity contribution is -0.122. The predicted molar refractivity (Wildman–Crippen MR) is 183 cm³/mol. The zero-order valence-electron chi connectivity index (χ0n) is 25.2. The number of methoxy groups -OCH3 is 2. The number of hydrogen-bond donors (Lipinski definition) is 0. The average Bonchev–Trinajstić information content (AvgIpc) is 3.63. The van der Waals surface area contributed by atoms with Crippen LogP contribution in [0.2, 0.25) is 0 Å². The second-order valence-corrected chi connectivity index (χ2v) is 12.1. The summed E-state index contributed by atoms with van der Waals surface area (Å²) in [5, 5.41) is 4.89. The third-order valence-corrected chi connectivity index (χ3v) is 8.85. The van der Waals surface area contributed by atoms with E-state index in [0.29, 0.717) is 50.7 Å². The van der Waals surface area contributed by atoms with Gasteiger partial charge in [-0.3, -0.25) is 9.69 Å². The number of thioether (sulfide) groups is 1. The molecule has 0 spiro atoms. The number of thiocarbonyl (C=S) groups is 1. The first-order chi connectivity index (χ1) is 22.4. The first kappa shape index (κ1) is 31.1. The Labute approximate surface area is 276 Å². The smallest absolute Gasteiger partial charge is 0.266 e. The van der Waals surface area contributed by atoms with Crippen LogP contribution in [0.4, 0.5) is 4.39 Å². The Morgan fingerprint density at radius 1 is 0.913 bits per heavy atom. The Kier molecular flexibility index (Phi) is 9.46. The minimum atomic E-state index is -0.304. The molecule has 6 rings (SSSR count). The fourth-order valence-electron chi connectivity index (χ4n) is 5.03. The summed E-state index contributed by atoms with van der Waals surface area (Å²) in [7, 11) is 3.19. The Morgan fingerprint density at radius 3 is 2.39 bits per heavy atom. The number of aromatic nitrogens is 2. The van der Waals surface area contributed by atoms with Crippen molar-refractivity contribution in [1.82, 2.24) is 14.7 Å². The van der Waals surface area contributed by atoms with Crippen molar-refractivity contribution in [1.29, 1.82) is 0 Å². The molecular formula is C36H30FN3O4S2. The standard InChI is InChI=1S/C36H30FN3O4S2/c1-42-31-17-12-24(20-32(31)43-2)18-19-39-35(41)33(46-36(39)45)21-27-22-40(28-9-4-3-5-10-28)38-34(27)25-13-15-29(16-14-25)44-23-26-8-6-7-11-30(26)37/h3-17,20-22H,18-19,23H2,1-2H3/b33-21-. The van der Waals surface area contributed by atoms with E-state index in [1.54, 1.807) is 42.0 Å². The molecule has 0 radical (unpaired) electrons. The van der Waals surface area contributed by atoms with Crippen molar-refractivity contribution in [3.05, 3.63) is 131 Å². The van der Waals surface area contributed by atoms with Crippen molar-refractivity contribution in [3.8, 4) is 34.2 Å². The largest absolute Gasteiger partial charge is 0.493 e. The maximum absolute atomic E-state index is 14.0. The van der Waals surface area contributed by atoms with Crippen LogP contribution in [0.1, 0.15) is 16.7 Å². The lowest BCUT2D eigenvalue weighted by Gasteiger charge is -2.15. The number of hydrogen-bond acceptors (Lipinski definition) is 7. The van der Waals surface area contributed by atoms with E-state index in [1.807, 2.05) is 85.1 Å². The van der Waals surface area contributed by atoms with Gasteiger partial charge in [0, 0.05) is 29.4 Å². The van der Waals surface area contributed by atoms with Crippen LogP contribution in [0.3, 0.4) is 0 Å². The highest BCUT2D eigenvalue weighted by Gasteiger charge is 2.32. The molecule has 1 saturated heterocycles. The molecule has 232 valence electrons. The number of ether oxygens (including phenoxy) is 3. The van der Waals surface area contributed by atoms with E-state index in [9.17, 15) is 9.18 Å². The van der Waals surface area contributed by atoms with Gasteiger partial charge >= 0.3 is 0 Å². The fraction of sp³-hybridized carbons (Fsp3) is 0.139. The molecule has 1 aliphatic heterocycles. The maximum atomic E-state index is 14.0. The quantitative estimate of drug-likeness (QED) is 0.107. The van der Waals surface area contributed by atoms with Gasteiger partial charge in [-0.05, 0) is 72.7 Å². The summed E-state index contributed by atoms with van der Waals surface area (Å²) < 4.78 is 32.9. The van der Waals surface area contributed by atoms with E-state index in [0.717, 1.165) is 22.4 Å². The zero-order chi connectivity index (χ0) is 32.0. The summed E-state index contributed by atoms with van der Waals surface area (Å²) in [6.07, 6.45) is 4.35. The summed E-state index contributed by atoms with van der Waals surface area (Å²) in [5.41, 5.74) is 4.67. The minimum absolute atomic E-state index is 0.119.